The molecule has 0 aromatic heterocycles. The molecule has 9 aliphatic rings. The van der Waals surface area contributed by atoms with Gasteiger partial charge in [0.15, 0.2) is 0 Å². The summed E-state index contributed by atoms with van der Waals surface area (Å²) in [6, 6.07) is 0. The van der Waals surface area contributed by atoms with Crippen molar-refractivity contribution in [2.45, 2.75) is 218 Å². The van der Waals surface area contributed by atoms with E-state index in [0.717, 1.165) is 94.7 Å². The van der Waals surface area contributed by atoms with Crippen molar-refractivity contribution in [3.05, 3.63) is 0 Å². The van der Waals surface area contributed by atoms with Crippen molar-refractivity contribution < 1.29 is 0 Å². The van der Waals surface area contributed by atoms with Gasteiger partial charge in [0.25, 0.3) is 0 Å². The van der Waals surface area contributed by atoms with Gasteiger partial charge in [0.05, 0.1) is 0 Å². The number of hydrogen-bond donors (Lipinski definition) is 0. The summed E-state index contributed by atoms with van der Waals surface area (Å²) < 4.78 is 0. The van der Waals surface area contributed by atoms with Crippen molar-refractivity contribution in [3.63, 3.8) is 0 Å². The van der Waals surface area contributed by atoms with Crippen molar-refractivity contribution in [2.75, 3.05) is 0 Å². The Morgan fingerprint density at radius 3 is 0.600 bits per heavy atom. The standard InChI is InChI=1S/C50H84/c1-5-17-35(18-6-1)39-29-40(36-19-7-2-8-20-36)32-43(31-39)49-45-25-13-15-27-47(45)50(48-28-16-14-26-46(48)49)44-33-41(37-21-9-3-10-22-37)30-42(34-44)38-23-11-4-12-24-38/h35-50H,1-34H2. The van der Waals surface area contributed by atoms with E-state index < -0.39 is 0 Å². The second-order valence-corrected chi connectivity index (χ2v) is 21.9. The van der Waals surface area contributed by atoms with Crippen LogP contribution >= 0.6 is 0 Å². The lowest BCUT2D eigenvalue weighted by Crippen LogP contribution is -2.55. The molecule has 0 spiro atoms. The maximum Gasteiger partial charge on any atom is -0.0323 e. The van der Waals surface area contributed by atoms with Crippen LogP contribution in [-0.4, -0.2) is 0 Å². The molecular formula is C50H84. The minimum Gasteiger partial charge on any atom is -0.0533 e. The lowest BCUT2D eigenvalue weighted by molar-refractivity contribution is -0.129. The maximum atomic E-state index is 1.69. The second-order valence-electron chi connectivity index (χ2n) is 21.9. The smallest absolute Gasteiger partial charge is 0.0323 e. The first-order valence-electron chi connectivity index (χ1n) is 24.8. The fourth-order valence-corrected chi connectivity index (χ4v) is 17.8. The van der Waals surface area contributed by atoms with Gasteiger partial charge < -0.3 is 0 Å². The number of hydrogen-bond acceptors (Lipinski definition) is 0. The summed E-state index contributed by atoms with van der Waals surface area (Å²) in [6.07, 6.45) is 54.5. The van der Waals surface area contributed by atoms with E-state index in [1.807, 2.05) is 0 Å². The van der Waals surface area contributed by atoms with E-state index in [9.17, 15) is 0 Å². The molecule has 0 aromatic rings. The highest BCUT2D eigenvalue weighted by atomic mass is 14.6. The maximum absolute atomic E-state index is 1.69. The van der Waals surface area contributed by atoms with E-state index in [-0.39, 0.29) is 0 Å². The highest BCUT2D eigenvalue weighted by Crippen LogP contribution is 2.65. The molecule has 284 valence electrons. The van der Waals surface area contributed by atoms with Gasteiger partial charge in [0, 0.05) is 0 Å². The molecule has 0 heteroatoms. The first kappa shape index (κ1) is 35.7. The molecule has 9 rings (SSSR count). The van der Waals surface area contributed by atoms with Gasteiger partial charge in [-0.15, -0.1) is 0 Å². The molecule has 9 saturated carbocycles. The SMILES string of the molecule is C1CCC(C2CC(C3CCCCC3)CC(C3C4CCCCC4C(C4CC(C5CCCCC5)CC(C5CCCCC5)C4)C4CCCCC43)C2)CC1. The number of rotatable bonds is 6. The topological polar surface area (TPSA) is 0 Å². The van der Waals surface area contributed by atoms with Crippen LogP contribution in [0.3, 0.4) is 0 Å². The van der Waals surface area contributed by atoms with Gasteiger partial charge in [-0.3, -0.25) is 0 Å². The van der Waals surface area contributed by atoms with Crippen molar-refractivity contribution in [1.82, 2.24) is 0 Å². The molecule has 0 aromatic carbocycles. The Labute approximate surface area is 312 Å². The minimum atomic E-state index is 1.11. The summed E-state index contributed by atoms with van der Waals surface area (Å²) >= 11 is 0. The van der Waals surface area contributed by atoms with Gasteiger partial charge in [-0.1, -0.05) is 154 Å². The van der Waals surface area contributed by atoms with E-state index in [1.165, 1.54) is 0 Å². The van der Waals surface area contributed by atoms with Gasteiger partial charge in [0.2, 0.25) is 0 Å². The molecule has 0 heterocycles. The zero-order valence-electron chi connectivity index (χ0n) is 33.3. The van der Waals surface area contributed by atoms with Crippen LogP contribution in [0.25, 0.3) is 0 Å². The zero-order valence-corrected chi connectivity index (χ0v) is 33.3. The van der Waals surface area contributed by atoms with Crippen LogP contribution in [-0.2, 0) is 0 Å². The molecule has 0 nitrogen and oxygen atoms in total. The molecule has 0 aliphatic heterocycles. The van der Waals surface area contributed by atoms with E-state index >= 15 is 0 Å². The summed E-state index contributed by atoms with van der Waals surface area (Å²) in [5.74, 6) is 17.8. The molecular weight excluding hydrogens is 601 g/mol. The van der Waals surface area contributed by atoms with E-state index in [0.29, 0.717) is 0 Å². The van der Waals surface area contributed by atoms with Crippen LogP contribution in [0.2, 0.25) is 0 Å². The quantitative estimate of drug-likeness (QED) is 0.261. The molecule has 0 bridgehead atoms. The van der Waals surface area contributed by atoms with Crippen molar-refractivity contribution in [3.8, 4) is 0 Å². The summed E-state index contributed by atoms with van der Waals surface area (Å²) in [6.45, 7) is 0. The largest absolute Gasteiger partial charge is 0.0533 e. The Balaban J connectivity index is 1.01. The highest BCUT2D eigenvalue weighted by Gasteiger charge is 2.57. The summed E-state index contributed by atoms with van der Waals surface area (Å²) in [5, 5.41) is 0. The third-order valence-electron chi connectivity index (χ3n) is 19.7. The minimum absolute atomic E-state index is 1.11. The van der Waals surface area contributed by atoms with Crippen LogP contribution in [0.5, 0.6) is 0 Å². The monoisotopic (exact) mass is 685 g/mol. The van der Waals surface area contributed by atoms with Gasteiger partial charge >= 0.3 is 0 Å². The Kier molecular flexibility index (Phi) is 12.0. The molecule has 8 unspecified atom stereocenters. The van der Waals surface area contributed by atoms with Gasteiger partial charge in [0.1, 0.15) is 0 Å². The Bertz CT molecular complexity index is 861. The van der Waals surface area contributed by atoms with E-state index in [4.69, 9.17) is 0 Å². The fourth-order valence-electron chi connectivity index (χ4n) is 17.8. The second kappa shape index (κ2) is 16.8. The molecule has 50 heavy (non-hydrogen) atoms. The molecule has 8 atom stereocenters. The van der Waals surface area contributed by atoms with Crippen LogP contribution in [0, 0.1) is 94.7 Å². The first-order valence-corrected chi connectivity index (χ1v) is 24.8. The summed E-state index contributed by atoms with van der Waals surface area (Å²) in [7, 11) is 0. The Morgan fingerprint density at radius 1 is 0.160 bits per heavy atom. The molecule has 9 fully saturated rings. The Morgan fingerprint density at radius 2 is 0.360 bits per heavy atom. The van der Waals surface area contributed by atoms with Gasteiger partial charge in [-0.05, 0) is 159 Å². The van der Waals surface area contributed by atoms with Crippen LogP contribution in [0.15, 0.2) is 0 Å². The highest BCUT2D eigenvalue weighted by molar-refractivity contribution is 5.06. The zero-order chi connectivity index (χ0) is 33.3. The average molecular weight is 685 g/mol. The normalized spacial score (nSPS) is 46.6. The third kappa shape index (κ3) is 7.62. The van der Waals surface area contributed by atoms with Crippen molar-refractivity contribution in [2.24, 2.45) is 94.7 Å². The number of fused-ring (bicyclic) bond motifs is 2. The fraction of sp³-hybridized carbons (Fsp3) is 1.00. The molecule has 0 amide bonds. The van der Waals surface area contributed by atoms with Crippen molar-refractivity contribution in [1.29, 1.82) is 0 Å². The molecule has 0 saturated heterocycles. The lowest BCUT2D eigenvalue weighted by atomic mass is 9.43. The molecule has 9 aliphatic carbocycles. The predicted octanol–water partition coefficient (Wildman–Crippen LogP) is 15.2. The Hall–Kier alpha value is 0. The van der Waals surface area contributed by atoms with E-state index in [2.05, 4.69) is 0 Å². The van der Waals surface area contributed by atoms with Gasteiger partial charge in [-0.25, -0.2) is 0 Å². The summed E-state index contributed by atoms with van der Waals surface area (Å²) in [4.78, 5) is 0. The van der Waals surface area contributed by atoms with Crippen molar-refractivity contribution >= 4 is 0 Å². The van der Waals surface area contributed by atoms with Crippen LogP contribution in [0.4, 0.5) is 0 Å². The lowest BCUT2D eigenvalue weighted by Gasteiger charge is -2.62. The first-order chi connectivity index (χ1) is 24.8. The van der Waals surface area contributed by atoms with Crippen LogP contribution in [0.1, 0.15) is 218 Å². The average Bonchev–Trinajstić information content (AvgIpc) is 3.21. The van der Waals surface area contributed by atoms with Crippen LogP contribution < -0.4 is 0 Å². The van der Waals surface area contributed by atoms with Gasteiger partial charge in [-0.2, -0.15) is 0 Å². The third-order valence-corrected chi connectivity index (χ3v) is 19.7. The summed E-state index contributed by atoms with van der Waals surface area (Å²) in [5.41, 5.74) is 0. The van der Waals surface area contributed by atoms with E-state index in [1.54, 1.807) is 218 Å². The molecule has 0 radical (unpaired) electrons. The molecule has 0 N–H and O–H groups in total. The predicted molar refractivity (Wildman–Crippen MR) is 213 cm³/mol.